The Morgan fingerprint density at radius 3 is 2.45 bits per heavy atom. The van der Waals surface area contributed by atoms with Crippen molar-refractivity contribution in [3.63, 3.8) is 0 Å². The van der Waals surface area contributed by atoms with E-state index in [4.69, 9.17) is 0 Å². The second kappa shape index (κ2) is 8.11. The molecule has 2 aromatic carbocycles. The van der Waals surface area contributed by atoms with Crippen molar-refractivity contribution in [1.29, 1.82) is 0 Å². The molecular formula is C18H21BrN2O. The summed E-state index contributed by atoms with van der Waals surface area (Å²) in [6.45, 7) is 3.21. The molecule has 0 aliphatic carbocycles. The Morgan fingerprint density at radius 1 is 1.14 bits per heavy atom. The van der Waals surface area contributed by atoms with Crippen LogP contribution in [0, 0.1) is 0 Å². The smallest absolute Gasteiger partial charge is 0.237 e. The normalized spacial score (nSPS) is 12.2. The third-order valence-electron chi connectivity index (χ3n) is 3.73. The van der Waals surface area contributed by atoms with Crippen LogP contribution in [0.15, 0.2) is 59.1 Å². The van der Waals surface area contributed by atoms with Crippen molar-refractivity contribution in [2.24, 2.45) is 0 Å². The molecule has 0 aliphatic heterocycles. The molecule has 0 bridgehead atoms. The molecule has 0 heterocycles. The van der Waals surface area contributed by atoms with Crippen LogP contribution >= 0.6 is 15.9 Å². The van der Waals surface area contributed by atoms with Gasteiger partial charge in [-0.1, -0.05) is 64.5 Å². The van der Waals surface area contributed by atoms with Gasteiger partial charge in [-0.15, -0.1) is 0 Å². The van der Waals surface area contributed by atoms with Gasteiger partial charge in [0.05, 0.1) is 6.04 Å². The monoisotopic (exact) mass is 360 g/mol. The zero-order valence-electron chi connectivity index (χ0n) is 12.9. The highest BCUT2D eigenvalue weighted by molar-refractivity contribution is 9.10. The molecule has 22 heavy (non-hydrogen) atoms. The molecule has 0 radical (unpaired) electrons. The van der Waals surface area contributed by atoms with Gasteiger partial charge in [0, 0.05) is 17.6 Å². The van der Waals surface area contributed by atoms with Gasteiger partial charge in [-0.05, 0) is 31.2 Å². The van der Waals surface area contributed by atoms with E-state index in [1.807, 2.05) is 67.4 Å². The highest BCUT2D eigenvalue weighted by atomic mass is 79.9. The Kier molecular flexibility index (Phi) is 6.16. The Hall–Kier alpha value is -1.65. The summed E-state index contributed by atoms with van der Waals surface area (Å²) in [6, 6.07) is 17.8. The lowest BCUT2D eigenvalue weighted by Crippen LogP contribution is -2.42. The summed E-state index contributed by atoms with van der Waals surface area (Å²) in [6.07, 6.45) is 0. The number of rotatable bonds is 6. The van der Waals surface area contributed by atoms with E-state index in [2.05, 4.69) is 27.3 Å². The fraction of sp³-hybridized carbons (Fsp3) is 0.278. The lowest BCUT2D eigenvalue weighted by Gasteiger charge is -2.24. The fourth-order valence-electron chi connectivity index (χ4n) is 2.17. The van der Waals surface area contributed by atoms with Gasteiger partial charge in [-0.25, -0.2) is 0 Å². The average molecular weight is 361 g/mol. The zero-order valence-corrected chi connectivity index (χ0v) is 14.5. The summed E-state index contributed by atoms with van der Waals surface area (Å²) in [5.74, 6) is 0.0402. The number of nitrogens with zero attached hydrogens (tertiary/aromatic N) is 1. The van der Waals surface area contributed by atoms with Crippen molar-refractivity contribution in [3.8, 4) is 0 Å². The Bertz CT molecular complexity index is 615. The van der Waals surface area contributed by atoms with Crippen LogP contribution < -0.4 is 5.32 Å². The van der Waals surface area contributed by atoms with Crippen LogP contribution in [0.1, 0.15) is 18.1 Å². The molecule has 0 spiro atoms. The number of hydrogen-bond acceptors (Lipinski definition) is 2. The van der Waals surface area contributed by atoms with Gasteiger partial charge in [0.2, 0.25) is 5.91 Å². The lowest BCUT2D eigenvalue weighted by atomic mass is 10.2. The molecule has 0 aliphatic rings. The number of carbonyl (C=O) groups excluding carboxylic acids is 1. The number of hydrogen-bond donors (Lipinski definition) is 1. The topological polar surface area (TPSA) is 32.3 Å². The van der Waals surface area contributed by atoms with Crippen LogP contribution in [0.4, 0.5) is 0 Å². The van der Waals surface area contributed by atoms with E-state index in [1.54, 1.807) is 0 Å². The van der Waals surface area contributed by atoms with Crippen LogP contribution in [-0.2, 0) is 17.9 Å². The first-order chi connectivity index (χ1) is 10.6. The first-order valence-corrected chi connectivity index (χ1v) is 8.12. The SMILES string of the molecule is CC(C(=O)NCc1ccccc1)N(C)Cc1ccccc1Br. The standard InChI is InChI=1S/C18H21BrN2O/c1-14(18(22)20-12-15-8-4-3-5-9-15)21(2)13-16-10-6-7-11-17(16)19/h3-11,14H,12-13H2,1-2H3,(H,20,22). The van der Waals surface area contributed by atoms with Crippen molar-refractivity contribution in [2.75, 3.05) is 7.05 Å². The summed E-state index contributed by atoms with van der Waals surface area (Å²) < 4.78 is 1.07. The van der Waals surface area contributed by atoms with E-state index in [9.17, 15) is 4.79 Å². The van der Waals surface area contributed by atoms with E-state index < -0.39 is 0 Å². The van der Waals surface area contributed by atoms with E-state index in [0.717, 1.165) is 16.6 Å². The van der Waals surface area contributed by atoms with Gasteiger partial charge in [0.25, 0.3) is 0 Å². The van der Waals surface area contributed by atoms with E-state index in [-0.39, 0.29) is 11.9 Å². The van der Waals surface area contributed by atoms with Gasteiger partial charge in [-0.2, -0.15) is 0 Å². The van der Waals surface area contributed by atoms with Gasteiger partial charge < -0.3 is 5.32 Å². The Morgan fingerprint density at radius 2 is 1.77 bits per heavy atom. The number of carbonyl (C=O) groups is 1. The number of benzene rings is 2. The Labute approximate surface area is 140 Å². The molecule has 0 saturated heterocycles. The van der Waals surface area contributed by atoms with Gasteiger partial charge in [-0.3, -0.25) is 9.69 Å². The third-order valence-corrected chi connectivity index (χ3v) is 4.50. The molecule has 2 rings (SSSR count). The van der Waals surface area contributed by atoms with Crippen molar-refractivity contribution in [3.05, 3.63) is 70.2 Å². The number of likely N-dealkylation sites (N-methyl/N-ethyl adjacent to an activating group) is 1. The molecule has 2 aromatic rings. The second-order valence-electron chi connectivity index (χ2n) is 5.39. The van der Waals surface area contributed by atoms with Crippen LogP contribution in [0.3, 0.4) is 0 Å². The minimum Gasteiger partial charge on any atom is -0.351 e. The molecular weight excluding hydrogens is 340 g/mol. The predicted octanol–water partition coefficient (Wildman–Crippen LogP) is 3.59. The largest absolute Gasteiger partial charge is 0.351 e. The average Bonchev–Trinajstić information content (AvgIpc) is 2.55. The first kappa shape index (κ1) is 16.7. The van der Waals surface area contributed by atoms with Crippen molar-refractivity contribution < 1.29 is 4.79 Å². The number of halogens is 1. The van der Waals surface area contributed by atoms with Crippen molar-refractivity contribution in [1.82, 2.24) is 10.2 Å². The molecule has 0 aromatic heterocycles. The summed E-state index contributed by atoms with van der Waals surface area (Å²) in [7, 11) is 1.96. The van der Waals surface area contributed by atoms with Gasteiger partial charge >= 0.3 is 0 Å². The molecule has 1 N–H and O–H groups in total. The quantitative estimate of drug-likeness (QED) is 0.853. The summed E-state index contributed by atoms with van der Waals surface area (Å²) in [4.78, 5) is 14.3. The molecule has 4 heteroatoms. The second-order valence-corrected chi connectivity index (χ2v) is 6.24. The molecule has 0 fully saturated rings. The van der Waals surface area contributed by atoms with E-state index in [0.29, 0.717) is 6.54 Å². The predicted molar refractivity (Wildman–Crippen MR) is 93.4 cm³/mol. The summed E-state index contributed by atoms with van der Waals surface area (Å²) in [5, 5.41) is 2.99. The maximum atomic E-state index is 12.3. The highest BCUT2D eigenvalue weighted by Crippen LogP contribution is 2.18. The van der Waals surface area contributed by atoms with Crippen LogP contribution in [0.5, 0.6) is 0 Å². The molecule has 1 amide bonds. The minimum atomic E-state index is -0.184. The minimum absolute atomic E-state index is 0.0402. The maximum Gasteiger partial charge on any atom is 0.237 e. The Balaban J connectivity index is 1.88. The third kappa shape index (κ3) is 4.68. The van der Waals surface area contributed by atoms with E-state index >= 15 is 0 Å². The summed E-state index contributed by atoms with van der Waals surface area (Å²) >= 11 is 3.55. The molecule has 1 unspecified atom stereocenters. The molecule has 1 atom stereocenters. The van der Waals surface area contributed by atoms with Crippen molar-refractivity contribution in [2.45, 2.75) is 26.1 Å². The van der Waals surface area contributed by atoms with Crippen LogP contribution in [0.2, 0.25) is 0 Å². The lowest BCUT2D eigenvalue weighted by molar-refractivity contribution is -0.125. The van der Waals surface area contributed by atoms with Gasteiger partial charge in [0.1, 0.15) is 0 Å². The maximum absolute atomic E-state index is 12.3. The van der Waals surface area contributed by atoms with Crippen LogP contribution in [-0.4, -0.2) is 23.9 Å². The van der Waals surface area contributed by atoms with Gasteiger partial charge in [0.15, 0.2) is 0 Å². The zero-order chi connectivity index (χ0) is 15.9. The van der Waals surface area contributed by atoms with E-state index in [1.165, 1.54) is 5.56 Å². The highest BCUT2D eigenvalue weighted by Gasteiger charge is 2.18. The summed E-state index contributed by atoms with van der Waals surface area (Å²) in [5.41, 5.74) is 2.28. The molecule has 0 saturated carbocycles. The molecule has 3 nitrogen and oxygen atoms in total. The first-order valence-electron chi connectivity index (χ1n) is 7.33. The number of amides is 1. The molecule has 116 valence electrons. The van der Waals surface area contributed by atoms with Crippen molar-refractivity contribution >= 4 is 21.8 Å². The number of nitrogens with one attached hydrogen (secondary N) is 1. The van der Waals surface area contributed by atoms with Crippen LogP contribution in [0.25, 0.3) is 0 Å². The fourth-order valence-corrected chi connectivity index (χ4v) is 2.58.